The molecule has 10 heteroatoms. The molecule has 0 amide bonds. The molecule has 3 heterocycles. The third-order valence-corrected chi connectivity index (χ3v) is 4.97. The van der Waals surface area contributed by atoms with Gasteiger partial charge in [0.2, 0.25) is 0 Å². The fraction of sp³-hybridized carbons (Fsp3) is 0.733. The minimum Gasteiger partial charge on any atom is -0.466 e. The highest BCUT2D eigenvalue weighted by Gasteiger charge is 2.66. The summed E-state index contributed by atoms with van der Waals surface area (Å²) in [5.41, 5.74) is -4.04. The third kappa shape index (κ3) is 2.62. The van der Waals surface area contributed by atoms with Crippen LogP contribution >= 0.6 is 0 Å². The van der Waals surface area contributed by atoms with E-state index in [0.29, 0.717) is 0 Å². The van der Waals surface area contributed by atoms with Crippen molar-refractivity contribution in [2.24, 2.45) is 0 Å². The lowest BCUT2D eigenvalue weighted by Gasteiger charge is -2.50. The molecule has 0 spiro atoms. The van der Waals surface area contributed by atoms with Crippen LogP contribution in [0.4, 0.5) is 0 Å². The molecule has 10 nitrogen and oxygen atoms in total. The summed E-state index contributed by atoms with van der Waals surface area (Å²) in [7, 11) is 0. The molecule has 2 aliphatic heterocycles. The average molecular weight is 362 g/mol. The summed E-state index contributed by atoms with van der Waals surface area (Å²) in [5, 5.41) is 70.4. The first kappa shape index (κ1) is 18.7. The molecule has 0 saturated carbocycles. The molecule has 8 atom stereocenters. The van der Waals surface area contributed by atoms with E-state index in [9.17, 15) is 35.7 Å². The number of ether oxygens (including phenoxy) is 2. The molecule has 142 valence electrons. The molecular formula is C15H22O10. The van der Waals surface area contributed by atoms with Crippen LogP contribution in [0.25, 0.3) is 0 Å². The smallest absolute Gasteiger partial charge is 0.183 e. The topological polar surface area (TPSA) is 173 Å². The van der Waals surface area contributed by atoms with Gasteiger partial charge in [-0.15, -0.1) is 0 Å². The van der Waals surface area contributed by atoms with E-state index in [2.05, 4.69) is 0 Å². The summed E-state index contributed by atoms with van der Waals surface area (Å²) >= 11 is 0. The number of aliphatic hydroxyl groups is 7. The third-order valence-electron chi connectivity index (χ3n) is 4.97. The Morgan fingerprint density at radius 1 is 1.08 bits per heavy atom. The molecule has 7 N–H and O–H groups in total. The molecule has 1 aromatic heterocycles. The highest BCUT2D eigenvalue weighted by atomic mass is 16.6. The predicted octanol–water partition coefficient (Wildman–Crippen LogP) is -3.57. The maximum atomic E-state index is 10.7. The van der Waals surface area contributed by atoms with Gasteiger partial charge in [-0.25, -0.2) is 0 Å². The number of rotatable bonds is 4. The van der Waals surface area contributed by atoms with Gasteiger partial charge in [0.1, 0.15) is 48.0 Å². The predicted molar refractivity (Wildman–Crippen MR) is 78.1 cm³/mol. The van der Waals surface area contributed by atoms with Crippen LogP contribution in [0.15, 0.2) is 22.8 Å². The van der Waals surface area contributed by atoms with Gasteiger partial charge in [-0.2, -0.15) is 0 Å². The Morgan fingerprint density at radius 2 is 1.80 bits per heavy atom. The van der Waals surface area contributed by atoms with E-state index < -0.39 is 67.6 Å². The van der Waals surface area contributed by atoms with Gasteiger partial charge in [-0.1, -0.05) is 0 Å². The van der Waals surface area contributed by atoms with Crippen LogP contribution in [0, 0.1) is 0 Å². The Kier molecular flexibility index (Phi) is 4.92. The Bertz CT molecular complexity index is 577. The molecule has 0 radical (unpaired) electrons. The van der Waals surface area contributed by atoms with Crippen LogP contribution in [-0.4, -0.2) is 97.8 Å². The minimum absolute atomic E-state index is 0.0457. The van der Waals surface area contributed by atoms with Gasteiger partial charge in [0.15, 0.2) is 5.60 Å². The lowest BCUT2D eigenvalue weighted by Crippen LogP contribution is -2.69. The Labute approximate surface area is 142 Å². The first-order valence-corrected chi connectivity index (χ1v) is 7.81. The van der Waals surface area contributed by atoms with Crippen molar-refractivity contribution in [1.82, 2.24) is 0 Å². The quantitative estimate of drug-likeness (QED) is 0.284. The fourth-order valence-electron chi connectivity index (χ4n) is 3.47. The van der Waals surface area contributed by atoms with E-state index in [-0.39, 0.29) is 5.76 Å². The summed E-state index contributed by atoms with van der Waals surface area (Å²) in [6.07, 6.45) is -8.40. The van der Waals surface area contributed by atoms with Crippen molar-refractivity contribution in [3.05, 3.63) is 24.2 Å². The fourth-order valence-corrected chi connectivity index (χ4v) is 3.47. The molecule has 0 aliphatic carbocycles. The second kappa shape index (κ2) is 6.58. The number of hydrogen-bond donors (Lipinski definition) is 7. The largest absolute Gasteiger partial charge is 0.466 e. The minimum atomic E-state index is -2.03. The van der Waals surface area contributed by atoms with Gasteiger partial charge in [-0.3, -0.25) is 0 Å². The van der Waals surface area contributed by atoms with Crippen molar-refractivity contribution >= 4 is 0 Å². The lowest BCUT2D eigenvalue weighted by atomic mass is 9.76. The van der Waals surface area contributed by atoms with E-state index in [1.54, 1.807) is 0 Å². The SMILES string of the molecule is OC[C@H]1O[C@](c2ccco2)(C2OCC(O)(CO)[C@H]2O)[C@H](O)[C@@H](O)[C@@H]1O. The first-order chi connectivity index (χ1) is 11.8. The van der Waals surface area contributed by atoms with E-state index in [4.69, 9.17) is 13.9 Å². The van der Waals surface area contributed by atoms with Crippen LogP contribution in [0.3, 0.4) is 0 Å². The highest BCUT2D eigenvalue weighted by Crippen LogP contribution is 2.47. The van der Waals surface area contributed by atoms with Gasteiger partial charge in [0, 0.05) is 0 Å². The second-order valence-electron chi connectivity index (χ2n) is 6.47. The van der Waals surface area contributed by atoms with E-state index in [1.807, 2.05) is 0 Å². The second-order valence-corrected chi connectivity index (χ2v) is 6.47. The molecule has 2 fully saturated rings. The van der Waals surface area contributed by atoms with Crippen LogP contribution in [0.1, 0.15) is 5.76 Å². The summed E-state index contributed by atoms with van der Waals surface area (Å²) in [6, 6.07) is 2.87. The molecule has 2 aliphatic rings. The maximum absolute atomic E-state index is 10.7. The van der Waals surface area contributed by atoms with Crippen molar-refractivity contribution in [2.45, 2.75) is 47.8 Å². The Morgan fingerprint density at radius 3 is 2.32 bits per heavy atom. The Hall–Kier alpha value is -1.08. The number of hydrogen-bond acceptors (Lipinski definition) is 10. The molecule has 2 saturated heterocycles. The molecule has 1 aromatic rings. The zero-order valence-corrected chi connectivity index (χ0v) is 13.2. The molecule has 2 unspecified atom stereocenters. The van der Waals surface area contributed by atoms with Crippen LogP contribution in [0.2, 0.25) is 0 Å². The van der Waals surface area contributed by atoms with Crippen molar-refractivity contribution < 1.29 is 49.6 Å². The molecular weight excluding hydrogens is 340 g/mol. The van der Waals surface area contributed by atoms with Crippen LogP contribution in [0.5, 0.6) is 0 Å². The van der Waals surface area contributed by atoms with Gasteiger partial charge in [0.25, 0.3) is 0 Å². The van der Waals surface area contributed by atoms with Gasteiger partial charge in [0.05, 0.1) is 26.1 Å². The van der Waals surface area contributed by atoms with Gasteiger partial charge >= 0.3 is 0 Å². The van der Waals surface area contributed by atoms with Crippen molar-refractivity contribution in [3.63, 3.8) is 0 Å². The Balaban J connectivity index is 2.09. The van der Waals surface area contributed by atoms with E-state index >= 15 is 0 Å². The first-order valence-electron chi connectivity index (χ1n) is 7.81. The van der Waals surface area contributed by atoms with Crippen LogP contribution in [-0.2, 0) is 15.1 Å². The van der Waals surface area contributed by atoms with Crippen molar-refractivity contribution in [1.29, 1.82) is 0 Å². The maximum Gasteiger partial charge on any atom is 0.183 e. The van der Waals surface area contributed by atoms with Gasteiger partial charge < -0.3 is 49.6 Å². The summed E-state index contributed by atoms with van der Waals surface area (Å²) in [5.74, 6) is -0.0457. The van der Waals surface area contributed by atoms with Crippen LogP contribution < -0.4 is 0 Å². The number of aliphatic hydroxyl groups excluding tert-OH is 6. The van der Waals surface area contributed by atoms with Crippen molar-refractivity contribution in [3.8, 4) is 0 Å². The van der Waals surface area contributed by atoms with Gasteiger partial charge in [-0.05, 0) is 12.1 Å². The molecule has 3 rings (SSSR count). The number of furan rings is 1. The average Bonchev–Trinajstić information content (AvgIpc) is 3.25. The highest BCUT2D eigenvalue weighted by molar-refractivity contribution is 5.23. The van der Waals surface area contributed by atoms with E-state index in [1.165, 1.54) is 18.4 Å². The lowest BCUT2D eigenvalue weighted by molar-refractivity contribution is -0.318. The molecule has 0 aromatic carbocycles. The zero-order valence-electron chi connectivity index (χ0n) is 13.2. The summed E-state index contributed by atoms with van der Waals surface area (Å²) < 4.78 is 16.4. The molecule has 25 heavy (non-hydrogen) atoms. The summed E-state index contributed by atoms with van der Waals surface area (Å²) in [6.45, 7) is -1.97. The normalized spacial score (nSPS) is 48.0. The molecule has 0 bridgehead atoms. The standard InChI is InChI=1S/C15H22O10/c16-4-7-9(18)10(19)11(20)15(25-7,8-2-1-3-23-8)13-12(21)14(22,5-17)6-24-13/h1-3,7,9-13,16-22H,4-6H2/t7-,9-,10+,11-,12+,13?,14?,15+/m1/s1. The zero-order chi connectivity index (χ0) is 18.4. The van der Waals surface area contributed by atoms with E-state index in [0.717, 1.165) is 0 Å². The monoisotopic (exact) mass is 362 g/mol. The summed E-state index contributed by atoms with van der Waals surface area (Å²) in [4.78, 5) is 0. The van der Waals surface area contributed by atoms with Crippen molar-refractivity contribution in [2.75, 3.05) is 19.8 Å².